The lowest BCUT2D eigenvalue weighted by molar-refractivity contribution is 0.191. The van der Waals surface area contributed by atoms with Gasteiger partial charge in [0, 0.05) is 12.7 Å². The van der Waals surface area contributed by atoms with E-state index in [4.69, 9.17) is 4.52 Å². The second kappa shape index (κ2) is 4.47. The molecule has 0 amide bonds. The van der Waals surface area contributed by atoms with Gasteiger partial charge in [0.25, 0.3) is 0 Å². The van der Waals surface area contributed by atoms with Gasteiger partial charge in [-0.3, -0.25) is 4.98 Å². The van der Waals surface area contributed by atoms with Crippen molar-refractivity contribution >= 4 is 0 Å². The standard InChI is InChI=1S/C12H14N4O2/c1-7-3-2-4-13-10(7)11-15-12(18-16-11)9-5-8(17)6-14-9/h2-4,8-9,14,17H,5-6H2,1H3/t8-,9-/m0/s1. The summed E-state index contributed by atoms with van der Waals surface area (Å²) in [5, 5.41) is 16.5. The summed E-state index contributed by atoms with van der Waals surface area (Å²) >= 11 is 0. The monoisotopic (exact) mass is 246 g/mol. The van der Waals surface area contributed by atoms with Crippen molar-refractivity contribution < 1.29 is 9.63 Å². The molecule has 6 heteroatoms. The molecule has 6 nitrogen and oxygen atoms in total. The van der Waals surface area contributed by atoms with E-state index in [0.29, 0.717) is 24.7 Å². The van der Waals surface area contributed by atoms with E-state index >= 15 is 0 Å². The molecule has 1 aliphatic rings. The third-order valence-corrected chi connectivity index (χ3v) is 3.07. The molecular weight excluding hydrogens is 232 g/mol. The first-order valence-electron chi connectivity index (χ1n) is 5.91. The van der Waals surface area contributed by atoms with Crippen LogP contribution in [0.4, 0.5) is 0 Å². The lowest BCUT2D eigenvalue weighted by Crippen LogP contribution is -2.15. The Morgan fingerprint density at radius 2 is 2.39 bits per heavy atom. The van der Waals surface area contributed by atoms with Gasteiger partial charge in [0.2, 0.25) is 11.7 Å². The van der Waals surface area contributed by atoms with E-state index in [9.17, 15) is 5.11 Å². The number of aromatic nitrogens is 3. The number of nitrogens with one attached hydrogen (secondary N) is 1. The lowest BCUT2D eigenvalue weighted by atomic mass is 10.2. The highest BCUT2D eigenvalue weighted by atomic mass is 16.5. The number of aliphatic hydroxyl groups is 1. The molecule has 2 N–H and O–H groups in total. The quantitative estimate of drug-likeness (QED) is 0.816. The van der Waals surface area contributed by atoms with Gasteiger partial charge in [-0.15, -0.1) is 0 Å². The Bertz CT molecular complexity index is 555. The number of hydrogen-bond acceptors (Lipinski definition) is 6. The van der Waals surface area contributed by atoms with Crippen LogP contribution in [0.2, 0.25) is 0 Å². The maximum Gasteiger partial charge on any atom is 0.244 e. The minimum atomic E-state index is -0.345. The molecule has 0 unspecified atom stereocenters. The van der Waals surface area contributed by atoms with Crippen LogP contribution in [0.25, 0.3) is 11.5 Å². The second-order valence-corrected chi connectivity index (χ2v) is 4.48. The van der Waals surface area contributed by atoms with E-state index in [-0.39, 0.29) is 12.1 Å². The molecule has 0 spiro atoms. The van der Waals surface area contributed by atoms with Crippen molar-refractivity contribution in [3.8, 4) is 11.5 Å². The highest BCUT2D eigenvalue weighted by Crippen LogP contribution is 2.24. The largest absolute Gasteiger partial charge is 0.392 e. The summed E-state index contributed by atoms with van der Waals surface area (Å²) in [5.74, 6) is 0.998. The van der Waals surface area contributed by atoms with Crippen molar-refractivity contribution in [2.24, 2.45) is 0 Å². The molecule has 0 saturated carbocycles. The van der Waals surface area contributed by atoms with E-state index in [1.165, 1.54) is 0 Å². The summed E-state index contributed by atoms with van der Waals surface area (Å²) in [5.41, 5.74) is 1.73. The van der Waals surface area contributed by atoms with E-state index in [2.05, 4.69) is 20.4 Å². The number of aliphatic hydroxyl groups excluding tert-OH is 1. The highest BCUT2D eigenvalue weighted by Gasteiger charge is 2.28. The smallest absolute Gasteiger partial charge is 0.244 e. The summed E-state index contributed by atoms with van der Waals surface area (Å²) in [6.07, 6.45) is 1.96. The zero-order valence-electron chi connectivity index (χ0n) is 10.00. The first kappa shape index (κ1) is 11.3. The third kappa shape index (κ3) is 2.00. The average Bonchev–Trinajstić information content (AvgIpc) is 2.98. The van der Waals surface area contributed by atoms with Crippen molar-refractivity contribution in [2.45, 2.75) is 25.5 Å². The Balaban J connectivity index is 1.88. The lowest BCUT2D eigenvalue weighted by Gasteiger charge is -2.01. The van der Waals surface area contributed by atoms with Crippen LogP contribution in [0, 0.1) is 6.92 Å². The normalized spacial score (nSPS) is 23.4. The van der Waals surface area contributed by atoms with E-state index in [0.717, 1.165) is 11.3 Å². The van der Waals surface area contributed by atoms with Crippen LogP contribution in [0.3, 0.4) is 0 Å². The highest BCUT2D eigenvalue weighted by molar-refractivity contribution is 5.53. The first-order chi connectivity index (χ1) is 8.74. The third-order valence-electron chi connectivity index (χ3n) is 3.07. The molecule has 1 aliphatic heterocycles. The Labute approximate surface area is 104 Å². The van der Waals surface area contributed by atoms with Crippen LogP contribution in [-0.2, 0) is 0 Å². The summed E-state index contributed by atoms with van der Waals surface area (Å²) in [7, 11) is 0. The summed E-state index contributed by atoms with van der Waals surface area (Å²) in [4.78, 5) is 8.59. The topological polar surface area (TPSA) is 84.1 Å². The van der Waals surface area contributed by atoms with E-state index < -0.39 is 0 Å². The van der Waals surface area contributed by atoms with Gasteiger partial charge >= 0.3 is 0 Å². The van der Waals surface area contributed by atoms with Crippen LogP contribution < -0.4 is 5.32 Å². The average molecular weight is 246 g/mol. The molecule has 0 radical (unpaired) electrons. The van der Waals surface area contributed by atoms with Crippen LogP contribution in [0.5, 0.6) is 0 Å². The van der Waals surface area contributed by atoms with Gasteiger partial charge in [0.05, 0.1) is 12.1 Å². The molecule has 0 aliphatic carbocycles. The molecule has 1 saturated heterocycles. The molecule has 2 atom stereocenters. The Kier molecular flexibility index (Phi) is 2.81. The molecular formula is C12H14N4O2. The fourth-order valence-electron chi connectivity index (χ4n) is 2.10. The Hall–Kier alpha value is -1.79. The zero-order valence-corrected chi connectivity index (χ0v) is 10.00. The molecule has 2 aromatic heterocycles. The van der Waals surface area contributed by atoms with Gasteiger partial charge in [-0.2, -0.15) is 4.98 Å². The Morgan fingerprint density at radius 3 is 3.11 bits per heavy atom. The molecule has 0 aromatic carbocycles. The predicted octanol–water partition coefficient (Wildman–Crippen LogP) is 0.835. The minimum absolute atomic E-state index is 0.0646. The van der Waals surface area contributed by atoms with E-state index in [1.54, 1.807) is 6.20 Å². The van der Waals surface area contributed by atoms with Gasteiger partial charge < -0.3 is 14.9 Å². The second-order valence-electron chi connectivity index (χ2n) is 4.48. The summed E-state index contributed by atoms with van der Waals surface area (Å²) in [6, 6.07) is 3.76. The number of nitrogens with zero attached hydrogens (tertiary/aromatic N) is 3. The first-order valence-corrected chi connectivity index (χ1v) is 5.91. The molecule has 1 fully saturated rings. The minimum Gasteiger partial charge on any atom is -0.392 e. The predicted molar refractivity (Wildman–Crippen MR) is 63.6 cm³/mol. The molecule has 94 valence electrons. The molecule has 0 bridgehead atoms. The van der Waals surface area contributed by atoms with Crippen molar-refractivity contribution in [3.05, 3.63) is 29.8 Å². The number of hydrogen-bond donors (Lipinski definition) is 2. The fourth-order valence-corrected chi connectivity index (χ4v) is 2.10. The van der Waals surface area contributed by atoms with Crippen LogP contribution in [0.1, 0.15) is 23.9 Å². The maximum absolute atomic E-state index is 9.46. The van der Waals surface area contributed by atoms with Crippen LogP contribution >= 0.6 is 0 Å². The van der Waals surface area contributed by atoms with Gasteiger partial charge in [0.1, 0.15) is 5.69 Å². The van der Waals surface area contributed by atoms with Crippen molar-refractivity contribution in [3.63, 3.8) is 0 Å². The van der Waals surface area contributed by atoms with Crippen molar-refractivity contribution in [1.82, 2.24) is 20.4 Å². The number of β-amino-alcohol motifs (C(OH)–C–C–N with tert-alkyl or cyclic N) is 1. The van der Waals surface area contributed by atoms with Gasteiger partial charge in [-0.1, -0.05) is 11.2 Å². The number of pyridine rings is 1. The van der Waals surface area contributed by atoms with E-state index in [1.807, 2.05) is 19.1 Å². The van der Waals surface area contributed by atoms with Gasteiger partial charge in [-0.25, -0.2) is 0 Å². The van der Waals surface area contributed by atoms with Crippen LogP contribution in [0.15, 0.2) is 22.9 Å². The van der Waals surface area contributed by atoms with Crippen molar-refractivity contribution in [1.29, 1.82) is 0 Å². The summed E-state index contributed by atoms with van der Waals surface area (Å²) in [6.45, 7) is 2.51. The molecule has 2 aromatic rings. The number of aryl methyl sites for hydroxylation is 1. The van der Waals surface area contributed by atoms with Gasteiger partial charge in [-0.05, 0) is 25.0 Å². The molecule has 3 rings (SSSR count). The maximum atomic E-state index is 9.46. The zero-order chi connectivity index (χ0) is 12.5. The fraction of sp³-hybridized carbons (Fsp3) is 0.417. The van der Waals surface area contributed by atoms with Crippen molar-refractivity contribution in [2.75, 3.05) is 6.54 Å². The number of rotatable bonds is 2. The Morgan fingerprint density at radius 1 is 1.50 bits per heavy atom. The molecule has 3 heterocycles. The SMILES string of the molecule is Cc1cccnc1-c1noc([C@@H]2C[C@H](O)CN2)n1. The van der Waals surface area contributed by atoms with Crippen LogP contribution in [-0.4, -0.2) is 32.9 Å². The molecule has 18 heavy (non-hydrogen) atoms. The summed E-state index contributed by atoms with van der Waals surface area (Å²) < 4.78 is 5.23. The van der Waals surface area contributed by atoms with Gasteiger partial charge in [0.15, 0.2) is 0 Å².